The molecule has 1 saturated carbocycles. The van der Waals surface area contributed by atoms with E-state index in [0.29, 0.717) is 11.1 Å². The van der Waals surface area contributed by atoms with Crippen molar-refractivity contribution in [1.82, 2.24) is 15.1 Å². The maximum atomic E-state index is 5.80. The van der Waals surface area contributed by atoms with Crippen molar-refractivity contribution in [3.8, 4) is 0 Å². The van der Waals surface area contributed by atoms with Crippen LogP contribution in [0.3, 0.4) is 0 Å². The first kappa shape index (κ1) is 11.9. The van der Waals surface area contributed by atoms with Crippen molar-refractivity contribution < 1.29 is 0 Å². The van der Waals surface area contributed by atoms with Crippen molar-refractivity contribution in [2.75, 3.05) is 6.54 Å². The fourth-order valence-electron chi connectivity index (χ4n) is 2.46. The van der Waals surface area contributed by atoms with Gasteiger partial charge in [-0.2, -0.15) is 5.10 Å². The molecule has 2 rings (SSSR count). The second-order valence-electron chi connectivity index (χ2n) is 4.84. The van der Waals surface area contributed by atoms with E-state index in [1.807, 2.05) is 10.9 Å². The summed E-state index contributed by atoms with van der Waals surface area (Å²) in [6.45, 7) is 4.23. The number of hydrogen-bond acceptors (Lipinski definition) is 2. The first-order valence-corrected chi connectivity index (χ1v) is 6.53. The molecular weight excluding hydrogens is 222 g/mol. The lowest BCUT2D eigenvalue weighted by Gasteiger charge is -2.27. The monoisotopic (exact) mass is 241 g/mol. The van der Waals surface area contributed by atoms with E-state index < -0.39 is 0 Å². The molecule has 2 atom stereocenters. The lowest BCUT2D eigenvalue weighted by atomic mass is 9.87. The van der Waals surface area contributed by atoms with Gasteiger partial charge in [-0.25, -0.2) is 0 Å². The average molecular weight is 242 g/mol. The Labute approximate surface area is 102 Å². The molecule has 3 nitrogen and oxygen atoms in total. The molecule has 1 N–H and O–H groups in total. The van der Waals surface area contributed by atoms with Gasteiger partial charge in [-0.1, -0.05) is 31.4 Å². The van der Waals surface area contributed by atoms with Crippen LogP contribution in [0, 0.1) is 5.92 Å². The summed E-state index contributed by atoms with van der Waals surface area (Å²) in [5.41, 5.74) is 0. The highest BCUT2D eigenvalue weighted by molar-refractivity contribution is 6.30. The van der Waals surface area contributed by atoms with Crippen molar-refractivity contribution in [2.24, 2.45) is 5.92 Å². The summed E-state index contributed by atoms with van der Waals surface area (Å²) in [6.07, 6.45) is 8.96. The summed E-state index contributed by atoms with van der Waals surface area (Å²) >= 11 is 5.80. The Hall–Kier alpha value is -0.540. The highest BCUT2D eigenvalue weighted by Crippen LogP contribution is 2.23. The van der Waals surface area contributed by atoms with Gasteiger partial charge in [0.15, 0.2) is 0 Å². The van der Waals surface area contributed by atoms with Crippen LogP contribution < -0.4 is 5.32 Å². The van der Waals surface area contributed by atoms with Crippen molar-refractivity contribution in [3.63, 3.8) is 0 Å². The van der Waals surface area contributed by atoms with Gasteiger partial charge in [-0.15, -0.1) is 0 Å². The van der Waals surface area contributed by atoms with E-state index in [0.717, 1.165) is 19.0 Å². The molecule has 4 heteroatoms. The van der Waals surface area contributed by atoms with Gasteiger partial charge < -0.3 is 5.32 Å². The van der Waals surface area contributed by atoms with Crippen LogP contribution in [-0.2, 0) is 6.54 Å². The van der Waals surface area contributed by atoms with Gasteiger partial charge in [0.2, 0.25) is 0 Å². The zero-order valence-electron chi connectivity index (χ0n) is 9.82. The molecule has 2 unspecified atom stereocenters. The first-order chi connectivity index (χ1) is 7.74. The average Bonchev–Trinajstić information content (AvgIpc) is 2.64. The van der Waals surface area contributed by atoms with E-state index in [9.17, 15) is 0 Å². The zero-order valence-corrected chi connectivity index (χ0v) is 10.6. The Bertz CT molecular complexity index is 324. The van der Waals surface area contributed by atoms with Gasteiger partial charge in [-0.05, 0) is 18.8 Å². The Morgan fingerprint density at radius 2 is 2.44 bits per heavy atom. The fourth-order valence-corrected chi connectivity index (χ4v) is 2.62. The third kappa shape index (κ3) is 3.49. The highest BCUT2D eigenvalue weighted by Gasteiger charge is 2.17. The van der Waals surface area contributed by atoms with Crippen LogP contribution in [0.25, 0.3) is 0 Å². The lowest BCUT2D eigenvalue weighted by Crippen LogP contribution is -2.35. The zero-order chi connectivity index (χ0) is 11.4. The first-order valence-electron chi connectivity index (χ1n) is 6.15. The molecule has 0 amide bonds. The summed E-state index contributed by atoms with van der Waals surface area (Å²) in [4.78, 5) is 0. The molecule has 16 heavy (non-hydrogen) atoms. The Balaban J connectivity index is 1.67. The molecule has 1 heterocycles. The maximum Gasteiger partial charge on any atom is 0.0785 e. The smallest absolute Gasteiger partial charge is 0.0785 e. The summed E-state index contributed by atoms with van der Waals surface area (Å²) in [7, 11) is 0. The van der Waals surface area contributed by atoms with Crippen LogP contribution in [0.15, 0.2) is 12.4 Å². The second kappa shape index (κ2) is 5.69. The quantitative estimate of drug-likeness (QED) is 0.879. The van der Waals surface area contributed by atoms with Crippen molar-refractivity contribution >= 4 is 11.6 Å². The Kier molecular flexibility index (Phi) is 4.24. The number of rotatable bonds is 4. The molecule has 0 radical (unpaired) electrons. The van der Waals surface area contributed by atoms with E-state index in [4.69, 9.17) is 11.6 Å². The SMILES string of the molecule is CC1CCCC(NCCn2cc(Cl)cn2)C1. The molecule has 1 fully saturated rings. The van der Waals surface area contributed by atoms with Gasteiger partial charge in [-0.3, -0.25) is 4.68 Å². The number of halogens is 1. The summed E-state index contributed by atoms with van der Waals surface area (Å²) in [6, 6.07) is 0.704. The molecule has 0 bridgehead atoms. The van der Waals surface area contributed by atoms with Crippen LogP contribution in [0.5, 0.6) is 0 Å². The molecule has 1 aromatic rings. The topological polar surface area (TPSA) is 29.9 Å². The molecule has 0 spiro atoms. The minimum Gasteiger partial charge on any atom is -0.312 e. The van der Waals surface area contributed by atoms with E-state index >= 15 is 0 Å². The van der Waals surface area contributed by atoms with Gasteiger partial charge in [0.05, 0.1) is 17.8 Å². The van der Waals surface area contributed by atoms with Crippen LogP contribution in [0.1, 0.15) is 32.6 Å². The predicted octanol–water partition coefficient (Wildman–Crippen LogP) is 2.70. The fraction of sp³-hybridized carbons (Fsp3) is 0.750. The summed E-state index contributed by atoms with van der Waals surface area (Å²) in [5.74, 6) is 0.880. The minimum absolute atomic E-state index is 0.704. The van der Waals surface area contributed by atoms with E-state index in [2.05, 4.69) is 17.3 Å². The minimum atomic E-state index is 0.704. The normalized spacial score (nSPS) is 25.9. The maximum absolute atomic E-state index is 5.80. The third-order valence-corrected chi connectivity index (χ3v) is 3.51. The van der Waals surface area contributed by atoms with E-state index in [-0.39, 0.29) is 0 Å². The van der Waals surface area contributed by atoms with Crippen LogP contribution in [0.4, 0.5) is 0 Å². The van der Waals surface area contributed by atoms with E-state index in [1.54, 1.807) is 6.20 Å². The van der Waals surface area contributed by atoms with E-state index in [1.165, 1.54) is 25.7 Å². The molecule has 0 aromatic carbocycles. The van der Waals surface area contributed by atoms with Crippen LogP contribution >= 0.6 is 11.6 Å². The number of nitrogens with one attached hydrogen (secondary N) is 1. The van der Waals surface area contributed by atoms with Gasteiger partial charge in [0.25, 0.3) is 0 Å². The summed E-state index contributed by atoms with van der Waals surface area (Å²) in [5, 5.41) is 8.48. The van der Waals surface area contributed by atoms with Crippen molar-refractivity contribution in [2.45, 2.75) is 45.2 Å². The molecule has 1 aliphatic rings. The molecule has 0 aliphatic heterocycles. The lowest BCUT2D eigenvalue weighted by molar-refractivity contribution is 0.298. The van der Waals surface area contributed by atoms with Crippen molar-refractivity contribution in [3.05, 3.63) is 17.4 Å². The summed E-state index contributed by atoms with van der Waals surface area (Å²) < 4.78 is 1.89. The standard InChI is InChI=1S/C12H20ClN3/c1-10-3-2-4-12(7-10)14-5-6-16-9-11(13)8-15-16/h8-10,12,14H,2-7H2,1H3. The van der Waals surface area contributed by atoms with Crippen LogP contribution in [-0.4, -0.2) is 22.4 Å². The number of nitrogens with zero attached hydrogens (tertiary/aromatic N) is 2. The largest absolute Gasteiger partial charge is 0.312 e. The Morgan fingerprint density at radius 3 is 3.12 bits per heavy atom. The second-order valence-corrected chi connectivity index (χ2v) is 5.28. The molecule has 0 saturated heterocycles. The van der Waals surface area contributed by atoms with Crippen molar-refractivity contribution in [1.29, 1.82) is 0 Å². The molecule has 1 aliphatic carbocycles. The molecular formula is C12H20ClN3. The number of hydrogen-bond donors (Lipinski definition) is 1. The van der Waals surface area contributed by atoms with Crippen LogP contribution in [0.2, 0.25) is 5.02 Å². The van der Waals surface area contributed by atoms with Gasteiger partial charge in [0.1, 0.15) is 0 Å². The van der Waals surface area contributed by atoms with Gasteiger partial charge >= 0.3 is 0 Å². The Morgan fingerprint density at radius 1 is 1.56 bits per heavy atom. The highest BCUT2D eigenvalue weighted by atomic mass is 35.5. The predicted molar refractivity (Wildman–Crippen MR) is 66.7 cm³/mol. The molecule has 90 valence electrons. The van der Waals surface area contributed by atoms with Gasteiger partial charge in [0, 0.05) is 18.8 Å². The number of aromatic nitrogens is 2. The molecule has 1 aromatic heterocycles. The third-order valence-electron chi connectivity index (χ3n) is 3.31.